The van der Waals surface area contributed by atoms with E-state index >= 15 is 0 Å². The number of nitrogens with one attached hydrogen (secondary N) is 2. The number of rotatable bonds is 5. The number of aliphatic hydroxyl groups is 1. The van der Waals surface area contributed by atoms with Gasteiger partial charge in [0.1, 0.15) is 0 Å². The fourth-order valence-corrected chi connectivity index (χ4v) is 3.34. The number of aliphatic hydroxyl groups excluding tert-OH is 1. The third-order valence-corrected chi connectivity index (χ3v) is 4.64. The molecular weight excluding hydrogens is 260 g/mol. The molecule has 1 aromatic carbocycles. The zero-order valence-corrected chi connectivity index (χ0v) is 11.7. The fourth-order valence-electron chi connectivity index (χ4n) is 2.13. The van der Waals surface area contributed by atoms with Gasteiger partial charge >= 0.3 is 6.03 Å². The van der Waals surface area contributed by atoms with E-state index in [9.17, 15) is 9.90 Å². The highest BCUT2D eigenvalue weighted by atomic mass is 32.2. The van der Waals surface area contributed by atoms with Crippen LogP contribution in [0.5, 0.6) is 0 Å². The van der Waals surface area contributed by atoms with Crippen LogP contribution >= 0.6 is 11.8 Å². The van der Waals surface area contributed by atoms with Crippen LogP contribution in [0.2, 0.25) is 0 Å². The van der Waals surface area contributed by atoms with E-state index in [-0.39, 0.29) is 12.6 Å². The fraction of sp³-hybridized carbons (Fsp3) is 0.500. The Morgan fingerprint density at radius 1 is 1.32 bits per heavy atom. The van der Waals surface area contributed by atoms with Crippen molar-refractivity contribution < 1.29 is 9.90 Å². The Bertz CT molecular complexity index is 420. The number of hydrogen-bond acceptors (Lipinski definition) is 3. The van der Waals surface area contributed by atoms with Crippen LogP contribution in [0.25, 0.3) is 0 Å². The second kappa shape index (κ2) is 7.40. The maximum Gasteiger partial charge on any atom is 0.315 e. The van der Waals surface area contributed by atoms with Crippen molar-refractivity contribution in [3.05, 3.63) is 35.4 Å². The minimum Gasteiger partial charge on any atom is -0.392 e. The highest BCUT2D eigenvalue weighted by Crippen LogP contribution is 2.25. The predicted octanol–water partition coefficient (Wildman–Crippen LogP) is 1.87. The number of thioether (sulfide) groups is 1. The summed E-state index contributed by atoms with van der Waals surface area (Å²) in [6.07, 6.45) is 2.45. The van der Waals surface area contributed by atoms with Crippen molar-refractivity contribution in [2.75, 3.05) is 12.3 Å². The van der Waals surface area contributed by atoms with Gasteiger partial charge in [-0.05, 0) is 29.7 Å². The Hall–Kier alpha value is -1.20. The van der Waals surface area contributed by atoms with Gasteiger partial charge in [-0.25, -0.2) is 4.79 Å². The van der Waals surface area contributed by atoms with Crippen molar-refractivity contribution in [1.29, 1.82) is 0 Å². The maximum absolute atomic E-state index is 11.7. The number of hydrogen-bond donors (Lipinski definition) is 3. The summed E-state index contributed by atoms with van der Waals surface area (Å²) in [7, 11) is 0. The second-order valence-electron chi connectivity index (χ2n) is 4.63. The lowest BCUT2D eigenvalue weighted by molar-refractivity contribution is 0.240. The average Bonchev–Trinajstić information content (AvgIpc) is 2.96. The summed E-state index contributed by atoms with van der Waals surface area (Å²) >= 11 is 1.93. The quantitative estimate of drug-likeness (QED) is 0.771. The molecule has 0 bridgehead atoms. The van der Waals surface area contributed by atoms with E-state index < -0.39 is 0 Å². The van der Waals surface area contributed by atoms with Gasteiger partial charge < -0.3 is 15.7 Å². The van der Waals surface area contributed by atoms with Crippen LogP contribution in [0.15, 0.2) is 24.3 Å². The predicted molar refractivity (Wildman–Crippen MR) is 78.1 cm³/mol. The maximum atomic E-state index is 11.7. The molecule has 0 spiro atoms. The van der Waals surface area contributed by atoms with Crippen molar-refractivity contribution in [3.8, 4) is 0 Å². The molecule has 4 nitrogen and oxygen atoms in total. The summed E-state index contributed by atoms with van der Waals surface area (Å²) in [4.78, 5) is 11.7. The average molecular weight is 280 g/mol. The standard InChI is InChI=1S/C14H20N2O2S/c17-10-12-5-2-1-4-11(12)8-15-14(18)16-9-13-6-3-7-19-13/h1-2,4-5,13,17H,3,6-10H2,(H2,15,16,18). The van der Waals surface area contributed by atoms with Crippen LogP contribution in [0.4, 0.5) is 4.79 Å². The third kappa shape index (κ3) is 4.44. The first kappa shape index (κ1) is 14.2. The minimum atomic E-state index is -0.139. The van der Waals surface area contributed by atoms with Crippen LogP contribution in [0, 0.1) is 0 Å². The summed E-state index contributed by atoms with van der Waals surface area (Å²) in [6, 6.07) is 7.43. The molecule has 19 heavy (non-hydrogen) atoms. The van der Waals surface area contributed by atoms with Gasteiger partial charge in [0.15, 0.2) is 0 Å². The molecule has 2 amide bonds. The van der Waals surface area contributed by atoms with Crippen molar-refractivity contribution in [1.82, 2.24) is 10.6 Å². The molecule has 1 heterocycles. The topological polar surface area (TPSA) is 61.4 Å². The second-order valence-corrected chi connectivity index (χ2v) is 6.03. The summed E-state index contributed by atoms with van der Waals surface area (Å²) in [6.45, 7) is 1.18. The van der Waals surface area contributed by atoms with Crippen LogP contribution in [0.1, 0.15) is 24.0 Å². The largest absolute Gasteiger partial charge is 0.392 e. The summed E-state index contributed by atoms with van der Waals surface area (Å²) in [5.41, 5.74) is 1.81. The van der Waals surface area contributed by atoms with Gasteiger partial charge in [-0.2, -0.15) is 11.8 Å². The van der Waals surface area contributed by atoms with E-state index in [2.05, 4.69) is 10.6 Å². The van der Waals surface area contributed by atoms with E-state index in [1.54, 1.807) is 0 Å². The number of urea groups is 1. The lowest BCUT2D eigenvalue weighted by Crippen LogP contribution is -2.38. The van der Waals surface area contributed by atoms with E-state index in [1.165, 1.54) is 18.6 Å². The molecule has 0 aromatic heterocycles. The molecule has 2 rings (SSSR count). The van der Waals surface area contributed by atoms with Gasteiger partial charge in [0.2, 0.25) is 0 Å². The SMILES string of the molecule is O=C(NCc1ccccc1CO)NCC1CCCS1. The summed E-state index contributed by atoms with van der Waals surface area (Å²) < 4.78 is 0. The Morgan fingerprint density at radius 2 is 2.11 bits per heavy atom. The van der Waals surface area contributed by atoms with E-state index in [0.717, 1.165) is 17.7 Å². The highest BCUT2D eigenvalue weighted by Gasteiger charge is 2.16. The first-order chi connectivity index (χ1) is 9.29. The molecule has 1 aromatic rings. The van der Waals surface area contributed by atoms with Gasteiger partial charge in [-0.15, -0.1) is 0 Å². The normalized spacial score (nSPS) is 18.3. The van der Waals surface area contributed by atoms with E-state index in [4.69, 9.17) is 0 Å². The first-order valence-corrected chi connectivity index (χ1v) is 7.65. The van der Waals surface area contributed by atoms with Gasteiger partial charge in [0.05, 0.1) is 6.61 Å². The molecule has 1 unspecified atom stereocenters. The molecule has 104 valence electrons. The minimum absolute atomic E-state index is 0.00180. The molecule has 5 heteroatoms. The number of amides is 2. The van der Waals surface area contributed by atoms with Crippen molar-refractivity contribution in [2.45, 2.75) is 31.2 Å². The first-order valence-electron chi connectivity index (χ1n) is 6.60. The Morgan fingerprint density at radius 3 is 2.79 bits per heavy atom. The summed E-state index contributed by atoms with van der Waals surface area (Å²) in [5, 5.41) is 15.5. The molecule has 1 aliphatic heterocycles. The molecule has 1 atom stereocenters. The zero-order valence-electron chi connectivity index (χ0n) is 10.9. The number of benzene rings is 1. The Labute approximate surface area is 118 Å². The monoisotopic (exact) mass is 280 g/mol. The van der Waals surface area contributed by atoms with Crippen LogP contribution in [-0.2, 0) is 13.2 Å². The van der Waals surface area contributed by atoms with Crippen molar-refractivity contribution in [2.24, 2.45) is 0 Å². The zero-order chi connectivity index (χ0) is 13.5. The molecular formula is C14H20N2O2S. The number of carbonyl (C=O) groups excluding carboxylic acids is 1. The van der Waals surface area contributed by atoms with Crippen LogP contribution in [-0.4, -0.2) is 28.7 Å². The van der Waals surface area contributed by atoms with Crippen LogP contribution in [0.3, 0.4) is 0 Å². The lowest BCUT2D eigenvalue weighted by Gasteiger charge is -2.12. The van der Waals surface area contributed by atoms with Crippen molar-refractivity contribution >= 4 is 17.8 Å². The molecule has 1 aliphatic rings. The Balaban J connectivity index is 1.73. The molecule has 1 fully saturated rings. The summed E-state index contributed by atoms with van der Waals surface area (Å²) in [5.74, 6) is 1.21. The highest BCUT2D eigenvalue weighted by molar-refractivity contribution is 8.00. The van der Waals surface area contributed by atoms with Gasteiger partial charge in [0.25, 0.3) is 0 Å². The molecule has 3 N–H and O–H groups in total. The molecule has 0 radical (unpaired) electrons. The third-order valence-electron chi connectivity index (χ3n) is 3.24. The smallest absolute Gasteiger partial charge is 0.315 e. The van der Waals surface area contributed by atoms with E-state index in [0.29, 0.717) is 11.8 Å². The molecule has 1 saturated heterocycles. The number of carbonyl (C=O) groups is 1. The van der Waals surface area contributed by atoms with E-state index in [1.807, 2.05) is 36.0 Å². The van der Waals surface area contributed by atoms with Crippen molar-refractivity contribution in [3.63, 3.8) is 0 Å². The molecule has 0 aliphatic carbocycles. The van der Waals surface area contributed by atoms with Gasteiger partial charge in [0, 0.05) is 18.3 Å². The molecule has 0 saturated carbocycles. The lowest BCUT2D eigenvalue weighted by atomic mass is 10.1. The van der Waals surface area contributed by atoms with Gasteiger partial charge in [-0.3, -0.25) is 0 Å². The Kier molecular flexibility index (Phi) is 5.54. The van der Waals surface area contributed by atoms with Gasteiger partial charge in [-0.1, -0.05) is 24.3 Å². The van der Waals surface area contributed by atoms with Crippen LogP contribution < -0.4 is 10.6 Å².